The monoisotopic (exact) mass is 250 g/mol. The second kappa shape index (κ2) is 5.63. The Labute approximate surface area is 105 Å². The van der Waals surface area contributed by atoms with E-state index in [4.69, 9.17) is 5.11 Å². The Balaban J connectivity index is 2.22. The summed E-state index contributed by atoms with van der Waals surface area (Å²) in [6.45, 7) is 2.26. The quantitative estimate of drug-likeness (QED) is 0.609. The minimum atomic E-state index is 0.205. The first kappa shape index (κ1) is 12.6. The van der Waals surface area contributed by atoms with Crippen LogP contribution in [0.1, 0.15) is 19.8 Å². The molecule has 0 amide bonds. The fourth-order valence-corrected chi connectivity index (χ4v) is 1.75. The zero-order valence-electron chi connectivity index (χ0n) is 10.6. The molecule has 1 atom stereocenters. The average molecular weight is 250 g/mol. The van der Waals surface area contributed by atoms with E-state index in [0.29, 0.717) is 11.6 Å². The smallest absolute Gasteiger partial charge is 0.226 e. The van der Waals surface area contributed by atoms with Crippen molar-refractivity contribution in [2.24, 2.45) is 0 Å². The molecule has 0 spiro atoms. The predicted molar refractivity (Wildman–Crippen MR) is 70.6 cm³/mol. The third-order valence-corrected chi connectivity index (χ3v) is 2.69. The van der Waals surface area contributed by atoms with E-state index in [1.165, 1.54) is 0 Å². The molecule has 0 saturated heterocycles. The summed E-state index contributed by atoms with van der Waals surface area (Å²) in [5.74, 6) is 1.26. The van der Waals surface area contributed by atoms with Gasteiger partial charge in [0.2, 0.25) is 5.95 Å². The molecule has 7 nitrogen and oxygen atoms in total. The number of rotatable bonds is 6. The standard InChI is InChI=1S/C11H18N6O/c1-7(4-3-5-18)15-10-8-9(14-6-13-8)16-11(12-2)17-10/h6-7,18H,3-5H2,1-2H3,(H3,12,13,14,15,16,17). The van der Waals surface area contributed by atoms with Crippen LogP contribution in [0.4, 0.5) is 11.8 Å². The van der Waals surface area contributed by atoms with Gasteiger partial charge >= 0.3 is 0 Å². The van der Waals surface area contributed by atoms with Crippen LogP contribution in [0.5, 0.6) is 0 Å². The van der Waals surface area contributed by atoms with Crippen LogP contribution in [0.25, 0.3) is 11.2 Å². The number of aliphatic hydroxyl groups is 1. The number of nitrogens with one attached hydrogen (secondary N) is 3. The summed E-state index contributed by atoms with van der Waals surface area (Å²) in [5.41, 5.74) is 1.43. The van der Waals surface area contributed by atoms with Crippen molar-refractivity contribution in [3.05, 3.63) is 6.33 Å². The first-order chi connectivity index (χ1) is 8.74. The Hall–Kier alpha value is -1.89. The molecule has 0 aromatic carbocycles. The van der Waals surface area contributed by atoms with Crippen LogP contribution in [0.3, 0.4) is 0 Å². The van der Waals surface area contributed by atoms with Crippen LogP contribution < -0.4 is 10.6 Å². The maximum atomic E-state index is 8.82. The molecule has 0 fully saturated rings. The molecule has 4 N–H and O–H groups in total. The number of nitrogens with zero attached hydrogens (tertiary/aromatic N) is 3. The zero-order valence-corrected chi connectivity index (χ0v) is 10.6. The summed E-state index contributed by atoms with van der Waals surface area (Å²) < 4.78 is 0. The number of hydrogen-bond donors (Lipinski definition) is 4. The van der Waals surface area contributed by atoms with Gasteiger partial charge in [0, 0.05) is 19.7 Å². The van der Waals surface area contributed by atoms with Crippen molar-refractivity contribution in [1.29, 1.82) is 0 Å². The summed E-state index contributed by atoms with van der Waals surface area (Å²) in [4.78, 5) is 15.8. The molecule has 7 heteroatoms. The van der Waals surface area contributed by atoms with Gasteiger partial charge in [0.1, 0.15) is 5.52 Å². The molecule has 2 rings (SSSR count). The summed E-state index contributed by atoms with van der Waals surface area (Å²) in [5, 5.41) is 15.0. The second-order valence-corrected chi connectivity index (χ2v) is 4.16. The lowest BCUT2D eigenvalue weighted by atomic mass is 10.2. The van der Waals surface area contributed by atoms with Crippen molar-refractivity contribution in [1.82, 2.24) is 19.9 Å². The van der Waals surface area contributed by atoms with Crippen LogP contribution in [-0.4, -0.2) is 44.7 Å². The number of aromatic amines is 1. The van der Waals surface area contributed by atoms with Crippen molar-refractivity contribution < 1.29 is 5.11 Å². The van der Waals surface area contributed by atoms with E-state index in [9.17, 15) is 0 Å². The lowest BCUT2D eigenvalue weighted by Crippen LogP contribution is -2.17. The third-order valence-electron chi connectivity index (χ3n) is 2.69. The van der Waals surface area contributed by atoms with Gasteiger partial charge in [-0.1, -0.05) is 0 Å². The summed E-state index contributed by atoms with van der Waals surface area (Å²) in [6.07, 6.45) is 3.25. The van der Waals surface area contributed by atoms with Gasteiger partial charge in [-0.15, -0.1) is 0 Å². The number of H-pyrrole nitrogens is 1. The van der Waals surface area contributed by atoms with Gasteiger partial charge in [-0.25, -0.2) is 4.98 Å². The lowest BCUT2D eigenvalue weighted by Gasteiger charge is -2.14. The topological polar surface area (TPSA) is 98.8 Å². The van der Waals surface area contributed by atoms with E-state index < -0.39 is 0 Å². The highest BCUT2D eigenvalue weighted by Gasteiger charge is 2.11. The van der Waals surface area contributed by atoms with E-state index in [-0.39, 0.29) is 12.6 Å². The largest absolute Gasteiger partial charge is 0.396 e. The lowest BCUT2D eigenvalue weighted by molar-refractivity contribution is 0.282. The Morgan fingerprint density at radius 1 is 1.44 bits per heavy atom. The van der Waals surface area contributed by atoms with Gasteiger partial charge in [-0.05, 0) is 19.8 Å². The van der Waals surface area contributed by atoms with Gasteiger partial charge in [0.25, 0.3) is 0 Å². The van der Waals surface area contributed by atoms with Crippen LogP contribution in [-0.2, 0) is 0 Å². The Morgan fingerprint density at radius 2 is 2.28 bits per heavy atom. The SMILES string of the molecule is CNc1nc(NC(C)CCCO)c2[nH]cnc2n1. The number of fused-ring (bicyclic) bond motifs is 1. The Bertz CT molecular complexity index is 511. The van der Waals surface area contributed by atoms with Crippen molar-refractivity contribution in [3.63, 3.8) is 0 Å². The first-order valence-corrected chi connectivity index (χ1v) is 6.01. The number of aromatic nitrogens is 4. The average Bonchev–Trinajstić information content (AvgIpc) is 2.84. The second-order valence-electron chi connectivity index (χ2n) is 4.16. The zero-order chi connectivity index (χ0) is 13.0. The van der Waals surface area contributed by atoms with Gasteiger partial charge in [0.05, 0.1) is 6.33 Å². The van der Waals surface area contributed by atoms with Crippen molar-refractivity contribution in [2.45, 2.75) is 25.8 Å². The summed E-state index contributed by atoms with van der Waals surface area (Å²) in [6, 6.07) is 0.225. The minimum absolute atomic E-state index is 0.205. The van der Waals surface area contributed by atoms with Gasteiger partial charge in [-0.3, -0.25) is 0 Å². The van der Waals surface area contributed by atoms with Gasteiger partial charge in [-0.2, -0.15) is 9.97 Å². The molecule has 98 valence electrons. The molecule has 0 radical (unpaired) electrons. The highest BCUT2D eigenvalue weighted by atomic mass is 16.2. The van der Waals surface area contributed by atoms with Crippen LogP contribution in [0.2, 0.25) is 0 Å². The molecule has 1 unspecified atom stereocenters. The van der Waals surface area contributed by atoms with Crippen molar-refractivity contribution in [3.8, 4) is 0 Å². The van der Waals surface area contributed by atoms with E-state index in [0.717, 1.165) is 24.2 Å². The minimum Gasteiger partial charge on any atom is -0.396 e. The van der Waals surface area contributed by atoms with E-state index in [1.54, 1.807) is 13.4 Å². The molecule has 2 aromatic heterocycles. The highest BCUT2D eigenvalue weighted by molar-refractivity contribution is 5.83. The number of anilines is 2. The van der Waals surface area contributed by atoms with E-state index in [2.05, 4.69) is 37.5 Å². The number of hydrogen-bond acceptors (Lipinski definition) is 6. The fourth-order valence-electron chi connectivity index (χ4n) is 1.75. The Kier molecular flexibility index (Phi) is 3.93. The maximum absolute atomic E-state index is 8.82. The normalized spacial score (nSPS) is 12.6. The molecule has 0 aliphatic carbocycles. The van der Waals surface area contributed by atoms with Gasteiger partial charge < -0.3 is 20.7 Å². The van der Waals surface area contributed by atoms with E-state index in [1.807, 2.05) is 0 Å². The maximum Gasteiger partial charge on any atom is 0.226 e. The first-order valence-electron chi connectivity index (χ1n) is 6.01. The molecular weight excluding hydrogens is 232 g/mol. The third kappa shape index (κ3) is 2.67. The molecule has 18 heavy (non-hydrogen) atoms. The van der Waals surface area contributed by atoms with Crippen LogP contribution >= 0.6 is 0 Å². The molecule has 0 saturated carbocycles. The van der Waals surface area contributed by atoms with Crippen LogP contribution in [0, 0.1) is 0 Å². The molecular formula is C11H18N6O. The molecule has 0 aliphatic rings. The van der Waals surface area contributed by atoms with Gasteiger partial charge in [0.15, 0.2) is 11.5 Å². The van der Waals surface area contributed by atoms with Crippen LogP contribution in [0.15, 0.2) is 6.33 Å². The molecule has 0 aliphatic heterocycles. The number of aliphatic hydroxyl groups excluding tert-OH is 1. The summed E-state index contributed by atoms with van der Waals surface area (Å²) in [7, 11) is 1.77. The molecule has 0 bridgehead atoms. The Morgan fingerprint density at radius 3 is 3.00 bits per heavy atom. The molecule has 2 aromatic rings. The number of imidazole rings is 1. The molecule has 2 heterocycles. The predicted octanol–water partition coefficient (Wildman–Crippen LogP) is 0.967. The van der Waals surface area contributed by atoms with Crippen molar-refractivity contribution in [2.75, 3.05) is 24.3 Å². The van der Waals surface area contributed by atoms with E-state index >= 15 is 0 Å². The highest BCUT2D eigenvalue weighted by Crippen LogP contribution is 2.19. The fraction of sp³-hybridized carbons (Fsp3) is 0.545. The van der Waals surface area contributed by atoms with Crippen molar-refractivity contribution >= 4 is 22.9 Å². The summed E-state index contributed by atoms with van der Waals surface area (Å²) >= 11 is 0.